The van der Waals surface area contributed by atoms with E-state index in [1.807, 2.05) is 24.4 Å². The average molecular weight is 559 g/mol. The minimum atomic E-state index is -0.446. The van der Waals surface area contributed by atoms with Crippen molar-refractivity contribution in [3.05, 3.63) is 121 Å². The van der Waals surface area contributed by atoms with Gasteiger partial charge >= 0.3 is 0 Å². The fourth-order valence-corrected chi connectivity index (χ4v) is 6.08. The van der Waals surface area contributed by atoms with Crippen LogP contribution in [0.25, 0.3) is 0 Å². The summed E-state index contributed by atoms with van der Waals surface area (Å²) in [6.07, 6.45) is 5.85. The number of aromatic nitrogens is 1. The van der Waals surface area contributed by atoms with E-state index in [0.717, 1.165) is 43.3 Å². The van der Waals surface area contributed by atoms with Gasteiger partial charge in [0, 0.05) is 30.2 Å². The van der Waals surface area contributed by atoms with Gasteiger partial charge in [-0.2, -0.15) is 0 Å². The van der Waals surface area contributed by atoms with E-state index in [9.17, 15) is 0 Å². The lowest BCUT2D eigenvalue weighted by Gasteiger charge is -2.18. The highest BCUT2D eigenvalue weighted by Crippen LogP contribution is 2.32. The van der Waals surface area contributed by atoms with E-state index in [0.29, 0.717) is 6.61 Å². The molecule has 0 spiro atoms. The molecular formula is C32H33BrNOP. The highest BCUT2D eigenvalue weighted by Gasteiger charge is 2.14. The summed E-state index contributed by atoms with van der Waals surface area (Å²) in [7, 11) is -0.446. The molecule has 0 saturated heterocycles. The molecule has 4 heteroatoms. The Labute approximate surface area is 226 Å². The van der Waals surface area contributed by atoms with Gasteiger partial charge in [0.1, 0.15) is 6.61 Å². The fraction of sp³-hybridized carbons (Fsp3) is 0.219. The molecule has 0 aliphatic heterocycles. The second-order valence-corrected chi connectivity index (χ2v) is 11.0. The minimum Gasteiger partial charge on any atom is -0.369 e. The molecule has 0 radical (unpaired) electrons. The first-order valence-corrected chi connectivity index (χ1v) is 14.8. The van der Waals surface area contributed by atoms with Gasteiger partial charge in [-0.3, -0.25) is 4.98 Å². The summed E-state index contributed by atoms with van der Waals surface area (Å²) in [6.45, 7) is 1.30. The topological polar surface area (TPSA) is 22.1 Å². The Kier molecular flexibility index (Phi) is 13.6. The number of benzene rings is 3. The van der Waals surface area contributed by atoms with Crippen molar-refractivity contribution in [1.82, 2.24) is 4.98 Å². The molecule has 0 amide bonds. The van der Waals surface area contributed by atoms with E-state index in [1.165, 1.54) is 15.9 Å². The first-order valence-electron chi connectivity index (χ1n) is 12.3. The summed E-state index contributed by atoms with van der Waals surface area (Å²) in [5.74, 6) is 6.09. The molecule has 0 aliphatic carbocycles. The number of unbranched alkanes of at least 4 members (excludes halogenated alkanes) is 1. The third-order valence-electron chi connectivity index (χ3n) is 5.23. The molecule has 0 bridgehead atoms. The minimum absolute atomic E-state index is 0.446. The first-order chi connectivity index (χ1) is 17.9. The molecule has 2 nitrogen and oxygen atoms in total. The molecule has 0 saturated carbocycles. The monoisotopic (exact) mass is 557 g/mol. The molecular weight excluding hydrogens is 525 g/mol. The summed E-state index contributed by atoms with van der Waals surface area (Å²) in [5, 5.41) is 5.21. The van der Waals surface area contributed by atoms with E-state index in [2.05, 4.69) is 124 Å². The molecule has 0 atom stereocenters. The van der Waals surface area contributed by atoms with Gasteiger partial charge in [-0.15, -0.1) is 5.92 Å². The van der Waals surface area contributed by atoms with Gasteiger partial charge in [-0.25, -0.2) is 0 Å². The standard InChI is InChI=1S/C18H15P.C14H18BrNO/c1-4-10-16(11-5-1)19(17-12-6-2-7-13-17)18-14-8-3-9-15-18;15-10-4-1-2-6-12-17-13-7-9-14-8-3-5-11-16-14/h1-15H;3,5,8,11H,1,4,7,9-10,12-13H2. The smallest absolute Gasteiger partial charge is 0.107 e. The number of nitrogens with zero attached hydrogens (tertiary/aromatic N) is 1. The van der Waals surface area contributed by atoms with Crippen LogP contribution in [0.15, 0.2) is 115 Å². The van der Waals surface area contributed by atoms with E-state index < -0.39 is 7.92 Å². The summed E-state index contributed by atoms with van der Waals surface area (Å²) < 4.78 is 5.42. The summed E-state index contributed by atoms with van der Waals surface area (Å²) in [4.78, 5) is 4.26. The van der Waals surface area contributed by atoms with Gasteiger partial charge < -0.3 is 4.74 Å². The average Bonchev–Trinajstić information content (AvgIpc) is 2.95. The highest BCUT2D eigenvalue weighted by molar-refractivity contribution is 9.09. The van der Waals surface area contributed by atoms with Crippen LogP contribution in [0.5, 0.6) is 0 Å². The maximum absolute atomic E-state index is 5.42. The van der Waals surface area contributed by atoms with E-state index in [-0.39, 0.29) is 0 Å². The van der Waals surface area contributed by atoms with Crippen molar-refractivity contribution in [2.45, 2.75) is 25.7 Å². The molecule has 4 rings (SSSR count). The second kappa shape index (κ2) is 17.6. The maximum atomic E-state index is 5.42. The first kappa shape index (κ1) is 27.8. The zero-order valence-corrected chi connectivity index (χ0v) is 23.1. The molecule has 0 aliphatic rings. The highest BCUT2D eigenvalue weighted by atomic mass is 79.9. The summed E-state index contributed by atoms with van der Waals surface area (Å²) in [5.41, 5.74) is 1.12. The Morgan fingerprint density at radius 3 is 1.72 bits per heavy atom. The fourth-order valence-electron chi connectivity index (χ4n) is 3.50. The van der Waals surface area contributed by atoms with Gasteiger partial charge in [0.15, 0.2) is 0 Å². The van der Waals surface area contributed by atoms with Crippen LogP contribution in [0.1, 0.15) is 25.0 Å². The Bertz CT molecular complexity index is 1050. The number of pyridine rings is 1. The molecule has 0 N–H and O–H groups in total. The number of hydrogen-bond acceptors (Lipinski definition) is 2. The molecule has 1 heterocycles. The zero-order valence-electron chi connectivity index (χ0n) is 20.6. The van der Waals surface area contributed by atoms with Crippen molar-refractivity contribution in [2.24, 2.45) is 0 Å². The third kappa shape index (κ3) is 10.5. The lowest BCUT2D eigenvalue weighted by molar-refractivity contribution is 0.164. The van der Waals surface area contributed by atoms with Crippen molar-refractivity contribution >= 4 is 39.8 Å². The van der Waals surface area contributed by atoms with Gasteiger partial charge in [0.2, 0.25) is 0 Å². The van der Waals surface area contributed by atoms with Crippen molar-refractivity contribution in [1.29, 1.82) is 0 Å². The predicted molar refractivity (Wildman–Crippen MR) is 159 cm³/mol. The molecule has 36 heavy (non-hydrogen) atoms. The van der Waals surface area contributed by atoms with Gasteiger partial charge in [0.05, 0.1) is 0 Å². The number of halogens is 1. The molecule has 3 aromatic carbocycles. The van der Waals surface area contributed by atoms with Crippen LogP contribution in [0.4, 0.5) is 0 Å². The zero-order chi connectivity index (χ0) is 25.1. The lowest BCUT2D eigenvalue weighted by Crippen LogP contribution is -2.20. The Morgan fingerprint density at radius 1 is 0.667 bits per heavy atom. The van der Waals surface area contributed by atoms with Gasteiger partial charge in [0.25, 0.3) is 0 Å². The number of alkyl halides is 1. The SMILES string of the molecule is BrCCCC#CCOCCCc1ccccn1.c1ccc(P(c2ccccc2)c2ccccc2)cc1. The quantitative estimate of drug-likeness (QED) is 0.0941. The van der Waals surface area contributed by atoms with Crippen LogP contribution < -0.4 is 15.9 Å². The van der Waals surface area contributed by atoms with Crippen LogP contribution in [-0.2, 0) is 11.2 Å². The van der Waals surface area contributed by atoms with Crippen molar-refractivity contribution in [3.8, 4) is 11.8 Å². The number of rotatable bonds is 10. The Balaban J connectivity index is 0.000000202. The van der Waals surface area contributed by atoms with Crippen LogP contribution in [0, 0.1) is 11.8 Å². The molecule has 4 aromatic rings. The van der Waals surface area contributed by atoms with Gasteiger partial charge in [-0.1, -0.05) is 119 Å². The number of aryl methyl sites for hydroxylation is 1. The summed E-state index contributed by atoms with van der Waals surface area (Å²) in [6, 6.07) is 38.3. The third-order valence-corrected chi connectivity index (χ3v) is 8.23. The molecule has 184 valence electrons. The number of ether oxygens (including phenoxy) is 1. The van der Waals surface area contributed by atoms with Crippen molar-refractivity contribution in [3.63, 3.8) is 0 Å². The molecule has 1 aromatic heterocycles. The number of hydrogen-bond donors (Lipinski definition) is 0. The van der Waals surface area contributed by atoms with Gasteiger partial charge in [-0.05, 0) is 55.2 Å². The van der Waals surface area contributed by atoms with Crippen molar-refractivity contribution < 1.29 is 4.74 Å². The predicted octanol–water partition coefficient (Wildman–Crippen LogP) is 6.65. The Morgan fingerprint density at radius 2 is 1.22 bits per heavy atom. The van der Waals surface area contributed by atoms with Crippen LogP contribution >= 0.6 is 23.9 Å². The molecule has 0 fully saturated rings. The summed E-state index contributed by atoms with van der Waals surface area (Å²) >= 11 is 3.37. The van der Waals surface area contributed by atoms with E-state index >= 15 is 0 Å². The maximum Gasteiger partial charge on any atom is 0.107 e. The lowest BCUT2D eigenvalue weighted by atomic mass is 10.2. The molecule has 0 unspecified atom stereocenters. The van der Waals surface area contributed by atoms with E-state index in [1.54, 1.807) is 0 Å². The Hall–Kier alpha value is -2.76. The largest absolute Gasteiger partial charge is 0.369 e. The van der Waals surface area contributed by atoms with Crippen LogP contribution in [0.3, 0.4) is 0 Å². The van der Waals surface area contributed by atoms with Crippen LogP contribution in [-0.4, -0.2) is 23.5 Å². The van der Waals surface area contributed by atoms with Crippen molar-refractivity contribution in [2.75, 3.05) is 18.5 Å². The van der Waals surface area contributed by atoms with E-state index in [4.69, 9.17) is 4.74 Å². The normalized spacial score (nSPS) is 10.2. The van der Waals surface area contributed by atoms with Crippen LogP contribution in [0.2, 0.25) is 0 Å². The second-order valence-electron chi connectivity index (χ2n) is 7.97.